The Morgan fingerprint density at radius 2 is 1.90 bits per heavy atom. The number of carbonyl (C=O) groups excluding carboxylic acids is 2. The molecule has 2 N–H and O–H groups in total. The molecule has 0 spiro atoms. The molecule has 31 heavy (non-hydrogen) atoms. The average Bonchev–Trinajstić information content (AvgIpc) is 3.24. The SMILES string of the molecule is COc1cc(/C=C/C(=O)OCc2cc(-c3ccc(Cl)cc3)no2)ccc1OCC(N)=O. The van der Waals surface area contributed by atoms with Crippen LogP contribution in [-0.2, 0) is 20.9 Å². The lowest BCUT2D eigenvalue weighted by Gasteiger charge is -2.09. The topological polar surface area (TPSA) is 114 Å². The van der Waals surface area contributed by atoms with Crippen molar-refractivity contribution >= 4 is 29.6 Å². The van der Waals surface area contributed by atoms with Gasteiger partial charge < -0.3 is 24.5 Å². The van der Waals surface area contributed by atoms with Crippen molar-refractivity contribution in [3.63, 3.8) is 0 Å². The van der Waals surface area contributed by atoms with Gasteiger partial charge in [0.15, 0.2) is 30.5 Å². The minimum atomic E-state index is -0.596. The van der Waals surface area contributed by atoms with Gasteiger partial charge in [0.1, 0.15) is 5.69 Å². The zero-order valence-electron chi connectivity index (χ0n) is 16.5. The summed E-state index contributed by atoms with van der Waals surface area (Å²) in [6, 6.07) is 13.8. The Kier molecular flexibility index (Phi) is 7.29. The second-order valence-electron chi connectivity index (χ2n) is 6.29. The number of hydrogen-bond donors (Lipinski definition) is 1. The molecule has 160 valence electrons. The van der Waals surface area contributed by atoms with Gasteiger partial charge in [-0.1, -0.05) is 35.0 Å². The molecule has 9 heteroatoms. The van der Waals surface area contributed by atoms with Crippen LogP contribution in [0.5, 0.6) is 11.5 Å². The predicted molar refractivity (Wildman–Crippen MR) is 113 cm³/mol. The summed E-state index contributed by atoms with van der Waals surface area (Å²) in [4.78, 5) is 22.9. The minimum Gasteiger partial charge on any atom is -0.493 e. The molecule has 0 aliphatic rings. The Morgan fingerprint density at radius 1 is 1.13 bits per heavy atom. The summed E-state index contributed by atoms with van der Waals surface area (Å²) >= 11 is 5.88. The van der Waals surface area contributed by atoms with Crippen LogP contribution in [0.3, 0.4) is 0 Å². The zero-order valence-corrected chi connectivity index (χ0v) is 17.3. The molecule has 0 fully saturated rings. The van der Waals surface area contributed by atoms with E-state index >= 15 is 0 Å². The van der Waals surface area contributed by atoms with Crippen LogP contribution in [0.1, 0.15) is 11.3 Å². The number of nitrogens with zero attached hydrogens (tertiary/aromatic N) is 1. The summed E-state index contributed by atoms with van der Waals surface area (Å²) in [6.07, 6.45) is 2.83. The lowest BCUT2D eigenvalue weighted by Crippen LogP contribution is -2.20. The summed E-state index contributed by atoms with van der Waals surface area (Å²) in [5, 5.41) is 4.58. The zero-order chi connectivity index (χ0) is 22.2. The van der Waals surface area contributed by atoms with Crippen LogP contribution in [-0.4, -0.2) is 30.7 Å². The van der Waals surface area contributed by atoms with Crippen molar-refractivity contribution in [1.29, 1.82) is 0 Å². The van der Waals surface area contributed by atoms with Crippen molar-refractivity contribution in [2.75, 3.05) is 13.7 Å². The van der Waals surface area contributed by atoms with Crippen LogP contribution in [0.4, 0.5) is 0 Å². The van der Waals surface area contributed by atoms with Crippen molar-refractivity contribution in [1.82, 2.24) is 5.16 Å². The summed E-state index contributed by atoms with van der Waals surface area (Å²) in [5.74, 6) is 0.0126. The molecule has 8 nitrogen and oxygen atoms in total. The highest BCUT2D eigenvalue weighted by Crippen LogP contribution is 2.28. The number of rotatable bonds is 9. The van der Waals surface area contributed by atoms with E-state index in [1.54, 1.807) is 42.5 Å². The number of hydrogen-bond acceptors (Lipinski definition) is 7. The highest BCUT2D eigenvalue weighted by atomic mass is 35.5. The van der Waals surface area contributed by atoms with E-state index in [0.29, 0.717) is 33.5 Å². The molecule has 1 amide bonds. The highest BCUT2D eigenvalue weighted by molar-refractivity contribution is 6.30. The normalized spacial score (nSPS) is 10.8. The van der Waals surface area contributed by atoms with Crippen LogP contribution in [0.15, 0.2) is 59.1 Å². The van der Waals surface area contributed by atoms with Gasteiger partial charge in [0.2, 0.25) is 0 Å². The molecule has 0 atom stereocenters. The first-order chi connectivity index (χ1) is 14.9. The van der Waals surface area contributed by atoms with Gasteiger partial charge in [-0.2, -0.15) is 0 Å². The van der Waals surface area contributed by atoms with E-state index in [9.17, 15) is 9.59 Å². The molecular formula is C22H19ClN2O6. The third kappa shape index (κ3) is 6.35. The van der Waals surface area contributed by atoms with Crippen molar-refractivity contribution in [3.05, 3.63) is 71.0 Å². The summed E-state index contributed by atoms with van der Waals surface area (Å²) in [6.45, 7) is -0.327. The van der Waals surface area contributed by atoms with Crippen LogP contribution in [0, 0.1) is 0 Å². The molecule has 0 unspecified atom stereocenters. The molecule has 3 aromatic rings. The van der Waals surface area contributed by atoms with Crippen LogP contribution >= 0.6 is 11.6 Å². The number of methoxy groups -OCH3 is 1. The lowest BCUT2D eigenvalue weighted by molar-refractivity contribution is -0.139. The Morgan fingerprint density at radius 3 is 2.61 bits per heavy atom. The van der Waals surface area contributed by atoms with Gasteiger partial charge in [-0.3, -0.25) is 4.79 Å². The molecule has 0 saturated heterocycles. The van der Waals surface area contributed by atoms with Gasteiger partial charge in [0.25, 0.3) is 5.91 Å². The second-order valence-corrected chi connectivity index (χ2v) is 6.73. The number of aromatic nitrogens is 1. The first-order valence-electron chi connectivity index (χ1n) is 9.10. The molecule has 0 radical (unpaired) electrons. The third-order valence-electron chi connectivity index (χ3n) is 4.03. The largest absolute Gasteiger partial charge is 0.493 e. The monoisotopic (exact) mass is 442 g/mol. The maximum Gasteiger partial charge on any atom is 0.331 e. The van der Waals surface area contributed by atoms with Gasteiger partial charge in [-0.15, -0.1) is 0 Å². The quantitative estimate of drug-likeness (QED) is 0.397. The summed E-state index contributed by atoms with van der Waals surface area (Å²) in [5.41, 5.74) is 7.19. The van der Waals surface area contributed by atoms with Gasteiger partial charge in [0.05, 0.1) is 7.11 Å². The van der Waals surface area contributed by atoms with E-state index < -0.39 is 11.9 Å². The lowest BCUT2D eigenvalue weighted by atomic mass is 10.1. The fourth-order valence-electron chi connectivity index (χ4n) is 2.55. The summed E-state index contributed by atoms with van der Waals surface area (Å²) < 4.78 is 20.9. The van der Waals surface area contributed by atoms with E-state index in [-0.39, 0.29) is 13.2 Å². The maximum absolute atomic E-state index is 12.0. The number of nitrogens with two attached hydrogens (primary N) is 1. The molecule has 0 aliphatic heterocycles. The Balaban J connectivity index is 1.56. The number of primary amides is 1. The van der Waals surface area contributed by atoms with Gasteiger partial charge in [-0.25, -0.2) is 4.79 Å². The Bertz CT molecular complexity index is 1090. The first kappa shape index (κ1) is 21.9. The fraction of sp³-hybridized carbons (Fsp3) is 0.136. The molecule has 1 heterocycles. The van der Waals surface area contributed by atoms with E-state index in [4.69, 9.17) is 36.1 Å². The summed E-state index contributed by atoms with van der Waals surface area (Å²) in [7, 11) is 1.46. The van der Waals surface area contributed by atoms with Crippen LogP contribution in [0.25, 0.3) is 17.3 Å². The number of esters is 1. The Hall–Kier alpha value is -3.78. The molecule has 1 aromatic heterocycles. The number of amides is 1. The number of halogens is 1. The Labute approximate surface area is 183 Å². The van der Waals surface area contributed by atoms with Crippen molar-refractivity contribution in [2.45, 2.75) is 6.61 Å². The third-order valence-corrected chi connectivity index (χ3v) is 4.28. The fourth-order valence-corrected chi connectivity index (χ4v) is 2.67. The molecule has 0 bridgehead atoms. The van der Waals surface area contributed by atoms with E-state index in [0.717, 1.165) is 5.56 Å². The van der Waals surface area contributed by atoms with Gasteiger partial charge in [-0.05, 0) is 35.9 Å². The van der Waals surface area contributed by atoms with E-state index in [2.05, 4.69) is 5.16 Å². The number of carbonyl (C=O) groups is 2. The smallest absolute Gasteiger partial charge is 0.331 e. The predicted octanol–water partition coefficient (Wildman–Crippen LogP) is 3.62. The second kappa shape index (κ2) is 10.3. The highest BCUT2D eigenvalue weighted by Gasteiger charge is 2.09. The molecular weight excluding hydrogens is 424 g/mol. The van der Waals surface area contributed by atoms with Gasteiger partial charge >= 0.3 is 5.97 Å². The molecule has 2 aromatic carbocycles. The van der Waals surface area contributed by atoms with Gasteiger partial charge in [0, 0.05) is 22.7 Å². The van der Waals surface area contributed by atoms with Crippen LogP contribution in [0.2, 0.25) is 5.02 Å². The van der Waals surface area contributed by atoms with E-state index in [1.165, 1.54) is 13.2 Å². The average molecular weight is 443 g/mol. The standard InChI is InChI=1S/C22H19ClN2O6/c1-28-20-10-14(2-8-19(20)29-13-21(24)26)3-9-22(27)30-12-17-11-18(25-31-17)15-4-6-16(23)7-5-15/h2-11H,12-13H2,1H3,(H2,24,26)/b9-3+. The molecule has 0 aliphatic carbocycles. The number of benzene rings is 2. The van der Waals surface area contributed by atoms with Crippen molar-refractivity contribution in [3.8, 4) is 22.8 Å². The maximum atomic E-state index is 12.0. The van der Waals surface area contributed by atoms with Crippen LogP contribution < -0.4 is 15.2 Å². The molecule has 0 saturated carbocycles. The first-order valence-corrected chi connectivity index (χ1v) is 9.48. The van der Waals surface area contributed by atoms with Crippen molar-refractivity contribution in [2.24, 2.45) is 5.73 Å². The van der Waals surface area contributed by atoms with Crippen molar-refractivity contribution < 1.29 is 28.3 Å². The molecule has 3 rings (SSSR count). The number of ether oxygens (including phenoxy) is 3. The van der Waals surface area contributed by atoms with E-state index in [1.807, 2.05) is 12.1 Å². The minimum absolute atomic E-state index is 0.0625.